The van der Waals surface area contributed by atoms with E-state index >= 15 is 0 Å². The first-order valence-electron chi connectivity index (χ1n) is 8.75. The van der Waals surface area contributed by atoms with Gasteiger partial charge in [-0.15, -0.1) is 12.4 Å². The normalized spacial score (nSPS) is 10.8. The van der Waals surface area contributed by atoms with Gasteiger partial charge in [0.05, 0.1) is 11.0 Å². The van der Waals surface area contributed by atoms with Crippen LogP contribution in [-0.2, 0) is 6.54 Å². The van der Waals surface area contributed by atoms with Crippen LogP contribution in [0.25, 0.3) is 11.0 Å². The lowest BCUT2D eigenvalue weighted by molar-refractivity contribution is 0.539. The summed E-state index contributed by atoms with van der Waals surface area (Å²) in [4.78, 5) is 4.63. The van der Waals surface area contributed by atoms with E-state index in [2.05, 4.69) is 47.7 Å². The van der Waals surface area contributed by atoms with Gasteiger partial charge in [-0.05, 0) is 25.5 Å². The van der Waals surface area contributed by atoms with Crippen LogP contribution in [0.3, 0.4) is 0 Å². The molecule has 0 fully saturated rings. The molecule has 0 spiro atoms. The molecule has 0 saturated carbocycles. The van der Waals surface area contributed by atoms with Gasteiger partial charge in [0.25, 0.3) is 0 Å². The number of benzene rings is 1. The smallest absolute Gasteiger partial charge is 0.106 e. The molecule has 2 rings (SSSR count). The van der Waals surface area contributed by atoms with Crippen molar-refractivity contribution in [1.82, 2.24) is 9.55 Å². The van der Waals surface area contributed by atoms with Gasteiger partial charge in [-0.2, -0.15) is 0 Å². The molecule has 0 aliphatic rings. The van der Waals surface area contributed by atoms with Gasteiger partial charge in [0.1, 0.15) is 5.82 Å². The van der Waals surface area contributed by atoms with Gasteiger partial charge >= 0.3 is 0 Å². The zero-order chi connectivity index (χ0) is 14.9. The molecule has 0 radical (unpaired) electrons. The fraction of sp³-hybridized carbons (Fsp3) is 0.632. The molecule has 1 heterocycles. The minimum Gasteiger partial charge on any atom is -0.328 e. The van der Waals surface area contributed by atoms with Gasteiger partial charge < -0.3 is 4.57 Å². The molecular weight excluding hydrogens is 292 g/mol. The molecule has 124 valence electrons. The van der Waals surface area contributed by atoms with Gasteiger partial charge in [-0.25, -0.2) is 4.98 Å². The van der Waals surface area contributed by atoms with Crippen LogP contribution in [0.2, 0.25) is 0 Å². The number of aromatic nitrogens is 2. The van der Waals surface area contributed by atoms with Crippen LogP contribution in [-0.4, -0.2) is 9.55 Å². The van der Waals surface area contributed by atoms with Gasteiger partial charge in [0, 0.05) is 6.54 Å². The summed E-state index contributed by atoms with van der Waals surface area (Å²) in [7, 11) is 0. The summed E-state index contributed by atoms with van der Waals surface area (Å²) in [6.07, 6.45) is 12.5. The van der Waals surface area contributed by atoms with Crippen molar-refractivity contribution >= 4 is 23.4 Å². The largest absolute Gasteiger partial charge is 0.328 e. The van der Waals surface area contributed by atoms with Crippen LogP contribution in [0.15, 0.2) is 24.3 Å². The number of para-hydroxylation sites is 2. The highest BCUT2D eigenvalue weighted by atomic mass is 35.5. The van der Waals surface area contributed by atoms with Crippen molar-refractivity contribution in [3.63, 3.8) is 0 Å². The number of fused-ring (bicyclic) bond motifs is 1. The van der Waals surface area contributed by atoms with Gasteiger partial charge in [-0.1, -0.05) is 70.4 Å². The Morgan fingerprint density at radius 3 is 2.14 bits per heavy atom. The lowest BCUT2D eigenvalue weighted by Crippen LogP contribution is -2.00. The van der Waals surface area contributed by atoms with E-state index in [1.807, 2.05) is 0 Å². The Kier molecular flexibility index (Phi) is 9.22. The lowest BCUT2D eigenvalue weighted by Gasteiger charge is -2.07. The first-order valence-corrected chi connectivity index (χ1v) is 8.75. The Balaban J connectivity index is 0.00000242. The number of unbranched alkanes of at least 4 members (excludes halogenated alkanes) is 8. The summed E-state index contributed by atoms with van der Waals surface area (Å²) >= 11 is 0. The van der Waals surface area contributed by atoms with Crippen molar-refractivity contribution in [2.45, 2.75) is 78.2 Å². The number of hydrogen-bond donors (Lipinski definition) is 0. The van der Waals surface area contributed by atoms with Crippen LogP contribution in [0, 0.1) is 6.92 Å². The maximum atomic E-state index is 4.63. The standard InChI is InChI=1S/C19H30N2.ClH/c1-3-4-5-6-7-8-9-10-13-16-21-17(2)20-18-14-11-12-15-19(18)21;/h11-12,14-15H,3-10,13,16H2,1-2H3;1H. The molecular formula is C19H31ClN2. The molecule has 3 heteroatoms. The van der Waals surface area contributed by atoms with E-state index in [4.69, 9.17) is 0 Å². The van der Waals surface area contributed by atoms with Crippen molar-refractivity contribution in [3.8, 4) is 0 Å². The van der Waals surface area contributed by atoms with E-state index < -0.39 is 0 Å². The number of rotatable bonds is 10. The molecule has 0 amide bonds. The zero-order valence-electron chi connectivity index (χ0n) is 14.2. The second-order valence-corrected chi connectivity index (χ2v) is 6.13. The minimum absolute atomic E-state index is 0. The highest BCUT2D eigenvalue weighted by molar-refractivity contribution is 5.85. The molecule has 0 N–H and O–H groups in total. The Labute approximate surface area is 141 Å². The van der Waals surface area contributed by atoms with E-state index in [1.54, 1.807) is 0 Å². The van der Waals surface area contributed by atoms with Crippen LogP contribution in [0.5, 0.6) is 0 Å². The van der Waals surface area contributed by atoms with Crippen molar-refractivity contribution < 1.29 is 0 Å². The zero-order valence-corrected chi connectivity index (χ0v) is 15.0. The third kappa shape index (κ3) is 5.64. The number of imidazole rings is 1. The quantitative estimate of drug-likeness (QED) is 0.469. The van der Waals surface area contributed by atoms with Crippen LogP contribution in [0.4, 0.5) is 0 Å². The van der Waals surface area contributed by atoms with Gasteiger partial charge in [0.2, 0.25) is 0 Å². The number of hydrogen-bond acceptors (Lipinski definition) is 1. The van der Waals surface area contributed by atoms with Gasteiger partial charge in [-0.3, -0.25) is 0 Å². The molecule has 2 nitrogen and oxygen atoms in total. The molecule has 0 atom stereocenters. The molecule has 2 aromatic rings. The first kappa shape index (κ1) is 19.0. The number of nitrogens with zero attached hydrogens (tertiary/aromatic N) is 2. The predicted octanol–water partition coefficient (Wildman–Crippen LogP) is 6.30. The third-order valence-electron chi connectivity index (χ3n) is 4.33. The monoisotopic (exact) mass is 322 g/mol. The lowest BCUT2D eigenvalue weighted by atomic mass is 10.1. The maximum absolute atomic E-state index is 4.63. The van der Waals surface area contributed by atoms with E-state index in [0.717, 1.165) is 17.9 Å². The highest BCUT2D eigenvalue weighted by Gasteiger charge is 2.05. The fourth-order valence-electron chi connectivity index (χ4n) is 3.06. The molecule has 0 bridgehead atoms. The average Bonchev–Trinajstić information content (AvgIpc) is 2.81. The van der Waals surface area contributed by atoms with E-state index in [1.165, 1.54) is 63.3 Å². The maximum Gasteiger partial charge on any atom is 0.106 e. The second-order valence-electron chi connectivity index (χ2n) is 6.13. The molecule has 0 saturated heterocycles. The summed E-state index contributed by atoms with van der Waals surface area (Å²) in [5.74, 6) is 1.15. The Morgan fingerprint density at radius 1 is 0.864 bits per heavy atom. The predicted molar refractivity (Wildman–Crippen MR) is 98.9 cm³/mol. The Morgan fingerprint density at radius 2 is 1.45 bits per heavy atom. The molecule has 0 unspecified atom stereocenters. The molecule has 0 aliphatic heterocycles. The molecule has 1 aromatic carbocycles. The van der Waals surface area contributed by atoms with E-state index in [0.29, 0.717) is 0 Å². The second kappa shape index (κ2) is 10.7. The van der Waals surface area contributed by atoms with E-state index in [-0.39, 0.29) is 12.4 Å². The van der Waals surface area contributed by atoms with Crippen molar-refractivity contribution in [2.75, 3.05) is 0 Å². The summed E-state index contributed by atoms with van der Waals surface area (Å²) in [5.41, 5.74) is 2.42. The summed E-state index contributed by atoms with van der Waals surface area (Å²) < 4.78 is 2.37. The Bertz CT molecular complexity index is 533. The number of aryl methyl sites for hydroxylation is 2. The summed E-state index contributed by atoms with van der Waals surface area (Å²) in [6, 6.07) is 8.46. The van der Waals surface area contributed by atoms with Gasteiger partial charge in [0.15, 0.2) is 0 Å². The fourth-order valence-corrected chi connectivity index (χ4v) is 3.06. The molecule has 1 aromatic heterocycles. The van der Waals surface area contributed by atoms with Crippen LogP contribution in [0.1, 0.15) is 70.5 Å². The third-order valence-corrected chi connectivity index (χ3v) is 4.33. The van der Waals surface area contributed by atoms with Crippen molar-refractivity contribution in [1.29, 1.82) is 0 Å². The molecule has 0 aliphatic carbocycles. The number of halogens is 1. The molecule has 22 heavy (non-hydrogen) atoms. The highest BCUT2D eigenvalue weighted by Crippen LogP contribution is 2.17. The minimum atomic E-state index is 0. The topological polar surface area (TPSA) is 17.8 Å². The average molecular weight is 323 g/mol. The van der Waals surface area contributed by atoms with E-state index in [9.17, 15) is 0 Å². The first-order chi connectivity index (χ1) is 10.3. The van der Waals surface area contributed by atoms with Crippen LogP contribution < -0.4 is 0 Å². The van der Waals surface area contributed by atoms with Crippen molar-refractivity contribution in [3.05, 3.63) is 30.1 Å². The van der Waals surface area contributed by atoms with Crippen molar-refractivity contribution in [2.24, 2.45) is 0 Å². The van der Waals surface area contributed by atoms with Crippen LogP contribution >= 0.6 is 12.4 Å². The SMILES string of the molecule is CCCCCCCCCCCn1c(C)nc2ccccc21.Cl. The Hall–Kier alpha value is -1.02. The summed E-state index contributed by atoms with van der Waals surface area (Å²) in [5, 5.41) is 0. The summed E-state index contributed by atoms with van der Waals surface area (Å²) in [6.45, 7) is 5.51.